The van der Waals surface area contributed by atoms with Crippen LogP contribution in [-0.4, -0.2) is 6.03 Å². The van der Waals surface area contributed by atoms with Crippen molar-refractivity contribution in [1.82, 2.24) is 10.3 Å². The van der Waals surface area contributed by atoms with Gasteiger partial charge in [0.25, 0.3) is 0 Å². The third kappa shape index (κ3) is 2.98. The summed E-state index contributed by atoms with van der Waals surface area (Å²) in [7, 11) is 0. The Morgan fingerprint density at radius 3 is 2.43 bits per heavy atom. The predicted molar refractivity (Wildman–Crippen MR) is 23.3 cm³/mol. The molecule has 6 heteroatoms. The molecule has 40 valence electrons. The normalized spacial score (nSPS) is 7.00. The molecule has 0 rings (SSSR count). The molecule has 0 radical (unpaired) electrons. The molecule has 0 fully saturated rings. The lowest BCUT2D eigenvalue weighted by molar-refractivity contribution is 0.246. The number of nitrogens with one attached hydrogen (secondary N) is 2. The summed E-state index contributed by atoms with van der Waals surface area (Å²) in [6, 6.07) is -0.836. The second-order valence-corrected chi connectivity index (χ2v) is 0.816. The van der Waals surface area contributed by atoms with Crippen LogP contribution >= 0.6 is 11.8 Å². The van der Waals surface area contributed by atoms with Crippen molar-refractivity contribution in [2.45, 2.75) is 0 Å². The molecule has 0 aliphatic rings. The fraction of sp³-hybridized carbons (Fsp3) is 0. The maximum absolute atomic E-state index is 9.76. The summed E-state index contributed by atoms with van der Waals surface area (Å²) in [4.78, 5) is 20.5. The second kappa shape index (κ2) is 3.35. The topological polar surface area (TPSA) is 70.6 Å². The summed E-state index contributed by atoms with van der Waals surface area (Å²) in [5.41, 5.74) is 1.48. The minimum absolute atomic E-state index is 0.836. The first kappa shape index (κ1) is 6.16. The fourth-order valence-corrected chi connectivity index (χ4v) is 0.105. The smallest absolute Gasteiger partial charge is 0.248 e. The molecule has 0 saturated heterocycles. The molecule has 0 aliphatic carbocycles. The van der Waals surface area contributed by atoms with Crippen molar-refractivity contribution in [3.63, 3.8) is 0 Å². The van der Waals surface area contributed by atoms with Crippen molar-refractivity contribution in [3.8, 4) is 0 Å². The van der Waals surface area contributed by atoms with Crippen LogP contribution in [0.3, 0.4) is 0 Å². The van der Waals surface area contributed by atoms with Gasteiger partial charge in [0.05, 0.1) is 5.29 Å². The largest absolute Gasteiger partial charge is 0.352 e. The summed E-state index contributed by atoms with van der Waals surface area (Å²) >= 11 is 4.67. The Hall–Kier alpha value is -0.840. The molecular formula is CH2ClN3O2. The molecule has 0 aromatic heterocycles. The first-order chi connectivity index (χ1) is 3.31. The van der Waals surface area contributed by atoms with Crippen LogP contribution in [0, 0.1) is 4.91 Å². The van der Waals surface area contributed by atoms with Crippen LogP contribution in [0.1, 0.15) is 0 Å². The van der Waals surface area contributed by atoms with E-state index in [0.717, 1.165) is 0 Å². The Morgan fingerprint density at radius 2 is 2.29 bits per heavy atom. The molecule has 0 atom stereocenters. The van der Waals surface area contributed by atoms with Crippen LogP contribution in [0.4, 0.5) is 4.79 Å². The molecule has 2 amide bonds. The average Bonchev–Trinajstić information content (AvgIpc) is 1.68. The monoisotopic (exact) mass is 123 g/mol. The van der Waals surface area contributed by atoms with Gasteiger partial charge >= 0.3 is 6.03 Å². The highest BCUT2D eigenvalue weighted by Gasteiger charge is 1.90. The number of amides is 2. The van der Waals surface area contributed by atoms with Gasteiger partial charge in [-0.05, 0) is 0 Å². The average molecular weight is 123 g/mol. The molecule has 0 aliphatic heterocycles. The Kier molecular flexibility index (Phi) is 2.95. The Labute approximate surface area is 44.1 Å². The lowest BCUT2D eigenvalue weighted by atomic mass is 11.2. The van der Waals surface area contributed by atoms with Gasteiger partial charge in [0.2, 0.25) is 0 Å². The Balaban J connectivity index is 3.17. The number of halogens is 1. The molecule has 7 heavy (non-hydrogen) atoms. The Bertz CT molecular complexity index is 83.0. The third-order valence-corrected chi connectivity index (χ3v) is 0.405. The van der Waals surface area contributed by atoms with Crippen molar-refractivity contribution in [1.29, 1.82) is 0 Å². The van der Waals surface area contributed by atoms with Crippen LogP contribution < -0.4 is 10.3 Å². The van der Waals surface area contributed by atoms with Crippen molar-refractivity contribution in [2.24, 2.45) is 5.29 Å². The van der Waals surface area contributed by atoms with Crippen LogP contribution in [0.2, 0.25) is 0 Å². The van der Waals surface area contributed by atoms with Gasteiger partial charge in [-0.1, -0.05) is 0 Å². The van der Waals surface area contributed by atoms with E-state index in [9.17, 15) is 4.79 Å². The third-order valence-electron chi connectivity index (χ3n) is 0.233. The SMILES string of the molecule is O=NNC(=O)NCl. The van der Waals surface area contributed by atoms with Crippen LogP contribution in [0.25, 0.3) is 0 Å². The van der Waals surface area contributed by atoms with Crippen molar-refractivity contribution in [2.75, 3.05) is 0 Å². The maximum Gasteiger partial charge on any atom is 0.352 e. The zero-order valence-corrected chi connectivity index (χ0v) is 3.90. The van der Waals surface area contributed by atoms with Gasteiger partial charge in [0.15, 0.2) is 0 Å². The molecule has 2 N–H and O–H groups in total. The molecule has 0 spiro atoms. The van der Waals surface area contributed by atoms with Crippen LogP contribution in [0.5, 0.6) is 0 Å². The van der Waals surface area contributed by atoms with Gasteiger partial charge in [0, 0.05) is 11.8 Å². The number of hydrogen-bond donors (Lipinski definition) is 2. The highest BCUT2D eigenvalue weighted by Crippen LogP contribution is 1.63. The van der Waals surface area contributed by atoms with E-state index in [2.05, 4.69) is 11.8 Å². The summed E-state index contributed by atoms with van der Waals surface area (Å²) in [6.45, 7) is 0. The van der Waals surface area contributed by atoms with E-state index in [-0.39, 0.29) is 0 Å². The van der Waals surface area contributed by atoms with Crippen molar-refractivity contribution in [3.05, 3.63) is 4.91 Å². The predicted octanol–water partition coefficient (Wildman–Crippen LogP) is 0.121. The van der Waals surface area contributed by atoms with E-state index < -0.39 is 6.03 Å². The van der Waals surface area contributed by atoms with Crippen molar-refractivity contribution >= 4 is 17.8 Å². The zero-order valence-electron chi connectivity index (χ0n) is 3.14. The number of nitrogens with zero attached hydrogens (tertiary/aromatic N) is 1. The molecule has 0 saturated carbocycles. The van der Waals surface area contributed by atoms with Gasteiger partial charge in [-0.2, -0.15) is 5.43 Å². The molecule has 5 nitrogen and oxygen atoms in total. The number of carbonyl (C=O) groups is 1. The van der Waals surface area contributed by atoms with E-state index >= 15 is 0 Å². The summed E-state index contributed by atoms with van der Waals surface area (Å²) < 4.78 is 0. The highest BCUT2D eigenvalue weighted by atomic mass is 35.5. The lowest BCUT2D eigenvalue weighted by Gasteiger charge is -1.85. The molecule has 0 aromatic rings. The number of hydrogen-bond acceptors (Lipinski definition) is 3. The number of urea groups is 1. The van der Waals surface area contributed by atoms with E-state index in [0.29, 0.717) is 0 Å². The molecular weight excluding hydrogens is 121 g/mol. The molecule has 0 aromatic carbocycles. The molecule has 0 unspecified atom stereocenters. The summed E-state index contributed by atoms with van der Waals surface area (Å²) in [5, 5.41) is 2.01. The molecule has 0 bridgehead atoms. The number of rotatable bonds is 1. The van der Waals surface area contributed by atoms with Crippen LogP contribution in [0.15, 0.2) is 5.29 Å². The zero-order chi connectivity index (χ0) is 5.70. The van der Waals surface area contributed by atoms with Crippen molar-refractivity contribution < 1.29 is 4.79 Å². The van der Waals surface area contributed by atoms with Gasteiger partial charge < -0.3 is 0 Å². The van der Waals surface area contributed by atoms with Gasteiger partial charge in [0.1, 0.15) is 0 Å². The van der Waals surface area contributed by atoms with E-state index in [1.807, 2.05) is 5.29 Å². The minimum Gasteiger partial charge on any atom is -0.248 e. The first-order valence-corrected chi connectivity index (χ1v) is 1.68. The quantitative estimate of drug-likeness (QED) is 0.295. The van der Waals surface area contributed by atoms with Gasteiger partial charge in [-0.15, -0.1) is 4.91 Å². The molecule has 0 heterocycles. The van der Waals surface area contributed by atoms with E-state index in [1.165, 1.54) is 5.43 Å². The van der Waals surface area contributed by atoms with E-state index in [4.69, 9.17) is 4.91 Å². The van der Waals surface area contributed by atoms with E-state index in [1.54, 1.807) is 4.84 Å². The Morgan fingerprint density at radius 1 is 1.71 bits per heavy atom. The fourth-order valence-electron chi connectivity index (χ4n) is 0.0626. The van der Waals surface area contributed by atoms with Gasteiger partial charge in [-0.25, -0.2) is 9.63 Å². The van der Waals surface area contributed by atoms with Gasteiger partial charge in [-0.3, -0.25) is 0 Å². The minimum atomic E-state index is -0.836. The van der Waals surface area contributed by atoms with Crippen LogP contribution in [-0.2, 0) is 0 Å². The standard InChI is InChI=1S/CH2ClN3O2/c2-3-1(6)4-5-7/h(H2,3,4,6,7). The lowest BCUT2D eigenvalue weighted by Crippen LogP contribution is -2.24. The second-order valence-electron chi connectivity index (χ2n) is 0.627. The maximum atomic E-state index is 9.76. The number of carbonyl (C=O) groups excluding carboxylic acids is 1. The highest BCUT2D eigenvalue weighted by molar-refractivity contribution is 6.21. The first-order valence-electron chi connectivity index (χ1n) is 1.30. The summed E-state index contributed by atoms with van der Waals surface area (Å²) in [6.07, 6.45) is 0. The summed E-state index contributed by atoms with van der Waals surface area (Å²) in [5.74, 6) is 0. The number of nitroso groups, excluding NO2 is 1.